The SMILES string of the molecule is CC(=O)O[C@H]1CC[C@@]2(C)C([C@H](O)C[C@]3(C)[C@@H]2CC=C2[C@@H]4[C@@H](C)[C@H](C)CC[C@]4(C)CC[C@]23C(=O)O)C1(C)C. The van der Waals surface area contributed by atoms with Crippen molar-refractivity contribution in [2.45, 2.75) is 119 Å². The van der Waals surface area contributed by atoms with Crippen molar-refractivity contribution < 1.29 is 24.5 Å². The molecular formula is C32H50O5. The zero-order valence-electron chi connectivity index (χ0n) is 24.4. The van der Waals surface area contributed by atoms with Gasteiger partial charge >= 0.3 is 11.9 Å². The molecule has 1 unspecified atom stereocenters. The summed E-state index contributed by atoms with van der Waals surface area (Å²) in [5, 5.41) is 23.2. The summed E-state index contributed by atoms with van der Waals surface area (Å²) in [4.78, 5) is 25.5. The van der Waals surface area contributed by atoms with Gasteiger partial charge in [0.1, 0.15) is 6.10 Å². The van der Waals surface area contributed by atoms with Gasteiger partial charge in [0, 0.05) is 12.3 Å². The van der Waals surface area contributed by atoms with Crippen LogP contribution in [0.5, 0.6) is 0 Å². The van der Waals surface area contributed by atoms with Crippen molar-refractivity contribution in [3.63, 3.8) is 0 Å². The molecule has 0 bridgehead atoms. The third-order valence-electron chi connectivity index (χ3n) is 13.3. The molecule has 5 rings (SSSR count). The largest absolute Gasteiger partial charge is 0.481 e. The molecule has 4 saturated carbocycles. The summed E-state index contributed by atoms with van der Waals surface area (Å²) in [5.41, 5.74) is -0.740. The van der Waals surface area contributed by atoms with Gasteiger partial charge in [-0.25, -0.2) is 0 Å². The molecular weight excluding hydrogens is 464 g/mol. The maximum absolute atomic E-state index is 13.6. The van der Waals surface area contributed by atoms with Gasteiger partial charge in [0.25, 0.3) is 0 Å². The lowest BCUT2D eigenvalue weighted by molar-refractivity contribution is -0.249. The fourth-order valence-corrected chi connectivity index (χ4v) is 11.6. The van der Waals surface area contributed by atoms with E-state index in [1.54, 1.807) is 0 Å². The van der Waals surface area contributed by atoms with Crippen molar-refractivity contribution >= 4 is 11.9 Å². The summed E-state index contributed by atoms with van der Waals surface area (Å²) in [6.07, 6.45) is 8.48. The van der Waals surface area contributed by atoms with E-state index in [-0.39, 0.29) is 40.7 Å². The Bertz CT molecular complexity index is 1010. The molecule has 0 aromatic heterocycles. The van der Waals surface area contributed by atoms with Crippen LogP contribution < -0.4 is 0 Å². The lowest BCUT2D eigenvalue weighted by Gasteiger charge is -2.71. The maximum Gasteiger partial charge on any atom is 0.314 e. The quantitative estimate of drug-likeness (QED) is 0.319. The number of aliphatic carboxylic acids is 1. The van der Waals surface area contributed by atoms with E-state index in [0.29, 0.717) is 24.7 Å². The van der Waals surface area contributed by atoms with E-state index >= 15 is 0 Å². The molecule has 0 aromatic carbocycles. The normalized spacial score (nSPS) is 52.5. The number of carboxylic acid groups (broad SMARTS) is 1. The molecule has 0 aromatic rings. The van der Waals surface area contributed by atoms with E-state index in [1.807, 2.05) is 0 Å². The number of allylic oxidation sites excluding steroid dienone is 1. The Morgan fingerprint density at radius 1 is 1.00 bits per heavy atom. The molecule has 5 aliphatic rings. The average molecular weight is 515 g/mol. The van der Waals surface area contributed by atoms with Crippen LogP contribution in [-0.4, -0.2) is 34.4 Å². The number of aliphatic hydroxyl groups is 1. The van der Waals surface area contributed by atoms with Gasteiger partial charge < -0.3 is 14.9 Å². The second-order valence-corrected chi connectivity index (χ2v) is 15.3. The van der Waals surface area contributed by atoms with E-state index in [0.717, 1.165) is 25.7 Å². The first-order chi connectivity index (χ1) is 17.1. The summed E-state index contributed by atoms with van der Waals surface area (Å²) in [5.74, 6) is 0.488. The third-order valence-corrected chi connectivity index (χ3v) is 13.3. The Hall–Kier alpha value is -1.36. The summed E-state index contributed by atoms with van der Waals surface area (Å²) in [7, 11) is 0. The van der Waals surface area contributed by atoms with Gasteiger partial charge in [-0.3, -0.25) is 9.59 Å². The summed E-state index contributed by atoms with van der Waals surface area (Å²) < 4.78 is 5.79. The Morgan fingerprint density at radius 3 is 2.30 bits per heavy atom. The summed E-state index contributed by atoms with van der Waals surface area (Å²) in [6.45, 7) is 17.4. The highest BCUT2D eigenvalue weighted by molar-refractivity contribution is 5.81. The van der Waals surface area contributed by atoms with Gasteiger partial charge in [-0.1, -0.05) is 60.1 Å². The van der Waals surface area contributed by atoms with E-state index < -0.39 is 28.3 Å². The predicted molar refractivity (Wildman–Crippen MR) is 144 cm³/mol. The Labute approximate surface area is 223 Å². The Morgan fingerprint density at radius 2 is 1.68 bits per heavy atom. The molecule has 5 aliphatic carbocycles. The van der Waals surface area contributed by atoms with Crippen molar-refractivity contribution in [2.24, 2.45) is 56.7 Å². The maximum atomic E-state index is 13.6. The van der Waals surface area contributed by atoms with Gasteiger partial charge in [-0.15, -0.1) is 0 Å². The number of aliphatic hydroxyl groups excluding tert-OH is 1. The molecule has 0 spiro atoms. The number of fused-ring (bicyclic) bond motifs is 7. The lowest BCUT2D eigenvalue weighted by Crippen LogP contribution is -2.70. The number of carbonyl (C=O) groups is 2. The highest BCUT2D eigenvalue weighted by atomic mass is 16.5. The summed E-state index contributed by atoms with van der Waals surface area (Å²) in [6, 6.07) is 0. The molecule has 5 nitrogen and oxygen atoms in total. The number of hydrogen-bond acceptors (Lipinski definition) is 4. The molecule has 11 atom stereocenters. The molecule has 37 heavy (non-hydrogen) atoms. The van der Waals surface area contributed by atoms with Crippen LogP contribution in [0.25, 0.3) is 0 Å². The number of carbonyl (C=O) groups excluding carboxylic acids is 1. The summed E-state index contributed by atoms with van der Waals surface area (Å²) >= 11 is 0. The minimum atomic E-state index is -0.933. The fraction of sp³-hybridized carbons (Fsp3) is 0.875. The van der Waals surface area contributed by atoms with E-state index in [4.69, 9.17) is 4.74 Å². The van der Waals surface area contributed by atoms with Crippen LogP contribution >= 0.6 is 0 Å². The van der Waals surface area contributed by atoms with Crippen LogP contribution in [0.15, 0.2) is 11.6 Å². The Kier molecular flexibility index (Phi) is 6.12. The average Bonchev–Trinajstić information content (AvgIpc) is 2.77. The van der Waals surface area contributed by atoms with Crippen LogP contribution in [0.2, 0.25) is 0 Å². The first-order valence-corrected chi connectivity index (χ1v) is 14.9. The van der Waals surface area contributed by atoms with Crippen molar-refractivity contribution in [1.82, 2.24) is 0 Å². The van der Waals surface area contributed by atoms with Crippen molar-refractivity contribution in [3.05, 3.63) is 11.6 Å². The zero-order valence-corrected chi connectivity index (χ0v) is 24.4. The van der Waals surface area contributed by atoms with Crippen molar-refractivity contribution in [3.8, 4) is 0 Å². The smallest absolute Gasteiger partial charge is 0.314 e. The number of esters is 1. The van der Waals surface area contributed by atoms with E-state index in [1.165, 1.54) is 25.3 Å². The van der Waals surface area contributed by atoms with Crippen molar-refractivity contribution in [2.75, 3.05) is 0 Å². The number of carboxylic acids is 1. The molecule has 0 radical (unpaired) electrons. The van der Waals surface area contributed by atoms with Gasteiger partial charge in [0.15, 0.2) is 0 Å². The zero-order chi connectivity index (χ0) is 27.3. The standard InChI is InChI=1S/C32H50O5/c1-18-11-13-29(6)15-16-32(27(35)36)21(25(29)19(18)2)9-10-23-30(7)14-12-24(37-20(3)33)28(4,5)26(30)22(34)17-31(23,32)8/h9,18-19,22-26,34H,10-17H2,1-8H3,(H,35,36)/t18-,19+,22-,23-,24+,25+,26?,29-,30-,31-,32-/m1/s1. The van der Waals surface area contributed by atoms with Crippen LogP contribution in [0, 0.1) is 56.7 Å². The predicted octanol–water partition coefficient (Wildman–Crippen LogP) is 6.63. The molecule has 0 heterocycles. The number of rotatable bonds is 2. The van der Waals surface area contributed by atoms with Crippen LogP contribution in [0.3, 0.4) is 0 Å². The third kappa shape index (κ3) is 3.37. The molecule has 208 valence electrons. The van der Waals surface area contributed by atoms with Gasteiger partial charge in [0.2, 0.25) is 0 Å². The van der Waals surface area contributed by atoms with Crippen LogP contribution in [0.4, 0.5) is 0 Å². The number of hydrogen-bond donors (Lipinski definition) is 2. The van der Waals surface area contributed by atoms with E-state index in [9.17, 15) is 19.8 Å². The highest BCUT2D eigenvalue weighted by Gasteiger charge is 2.73. The van der Waals surface area contributed by atoms with Crippen molar-refractivity contribution in [1.29, 1.82) is 0 Å². The second-order valence-electron chi connectivity index (χ2n) is 15.3. The first-order valence-electron chi connectivity index (χ1n) is 14.9. The van der Waals surface area contributed by atoms with Gasteiger partial charge in [0.05, 0.1) is 11.5 Å². The van der Waals surface area contributed by atoms with Gasteiger partial charge in [-0.2, -0.15) is 0 Å². The Balaban J connectivity index is 1.64. The topological polar surface area (TPSA) is 83.8 Å². The lowest BCUT2D eigenvalue weighted by atomic mass is 9.32. The molecule has 2 N–H and O–H groups in total. The van der Waals surface area contributed by atoms with Gasteiger partial charge in [-0.05, 0) is 97.2 Å². The molecule has 0 aliphatic heterocycles. The molecule has 5 heteroatoms. The number of ether oxygens (including phenoxy) is 1. The molecule has 4 fully saturated rings. The van der Waals surface area contributed by atoms with E-state index in [2.05, 4.69) is 54.5 Å². The minimum Gasteiger partial charge on any atom is -0.481 e. The molecule has 0 amide bonds. The molecule has 0 saturated heterocycles. The first kappa shape index (κ1) is 27.2. The minimum absolute atomic E-state index is 0.0561. The monoisotopic (exact) mass is 514 g/mol. The van der Waals surface area contributed by atoms with Crippen LogP contribution in [0.1, 0.15) is 107 Å². The second kappa shape index (κ2) is 8.32. The van der Waals surface area contributed by atoms with Crippen LogP contribution in [-0.2, 0) is 14.3 Å². The fourth-order valence-electron chi connectivity index (χ4n) is 11.6. The highest BCUT2D eigenvalue weighted by Crippen LogP contribution is 2.76.